The first kappa shape index (κ1) is 17.3. The molecule has 1 saturated carbocycles. The summed E-state index contributed by atoms with van der Waals surface area (Å²) in [5.41, 5.74) is 8.21. The smallest absolute Gasteiger partial charge is 0.406 e. The molecule has 2 aliphatic carbocycles. The molecule has 1 unspecified atom stereocenters. The van der Waals surface area contributed by atoms with Crippen molar-refractivity contribution in [3.8, 4) is 5.75 Å². The molecule has 0 spiro atoms. The fourth-order valence-corrected chi connectivity index (χ4v) is 4.03. The molecule has 2 aliphatic rings. The summed E-state index contributed by atoms with van der Waals surface area (Å²) in [5.74, 6) is 1.35. The van der Waals surface area contributed by atoms with E-state index in [1.807, 2.05) is 0 Å². The van der Waals surface area contributed by atoms with Crippen molar-refractivity contribution in [1.29, 1.82) is 0 Å². The second-order valence-electron chi connectivity index (χ2n) is 7.01. The summed E-state index contributed by atoms with van der Waals surface area (Å²) in [6.45, 7) is 0. The molecule has 132 valence electrons. The fraction of sp³-hybridized carbons (Fsp3) is 0.579. The van der Waals surface area contributed by atoms with Gasteiger partial charge in [0.25, 0.3) is 0 Å². The predicted molar refractivity (Wildman–Crippen MR) is 88.4 cm³/mol. The average Bonchev–Trinajstić information content (AvgIpc) is 2.55. The predicted octanol–water partition coefficient (Wildman–Crippen LogP) is 5.29. The van der Waals surface area contributed by atoms with E-state index in [0.29, 0.717) is 6.04 Å². The van der Waals surface area contributed by atoms with E-state index in [9.17, 15) is 13.2 Å². The Balaban J connectivity index is 1.58. The molecule has 1 fully saturated rings. The van der Waals surface area contributed by atoms with E-state index >= 15 is 0 Å². The molecular weight excluding hydrogens is 315 g/mol. The van der Waals surface area contributed by atoms with Gasteiger partial charge in [0.15, 0.2) is 0 Å². The lowest BCUT2D eigenvalue weighted by Gasteiger charge is -2.34. The van der Waals surface area contributed by atoms with E-state index in [1.54, 1.807) is 12.1 Å². The summed E-state index contributed by atoms with van der Waals surface area (Å²) in [5, 5.41) is 0. The Kier molecular flexibility index (Phi) is 5.18. The maximum atomic E-state index is 12.2. The van der Waals surface area contributed by atoms with Crippen LogP contribution < -0.4 is 10.5 Å². The van der Waals surface area contributed by atoms with Gasteiger partial charge in [-0.3, -0.25) is 0 Å². The molecule has 0 bridgehead atoms. The van der Waals surface area contributed by atoms with Gasteiger partial charge in [-0.15, -0.1) is 13.2 Å². The van der Waals surface area contributed by atoms with Crippen LogP contribution in [-0.4, -0.2) is 12.4 Å². The highest BCUT2D eigenvalue weighted by molar-refractivity contribution is 5.66. The Bertz CT molecular complexity index is 571. The number of allylic oxidation sites excluding steroid dienone is 2. The monoisotopic (exact) mass is 339 g/mol. The van der Waals surface area contributed by atoms with E-state index in [0.717, 1.165) is 49.5 Å². The van der Waals surface area contributed by atoms with Crippen molar-refractivity contribution in [1.82, 2.24) is 0 Å². The van der Waals surface area contributed by atoms with Gasteiger partial charge in [-0.2, -0.15) is 0 Å². The van der Waals surface area contributed by atoms with Crippen LogP contribution >= 0.6 is 0 Å². The number of hydrogen-bond acceptors (Lipinski definition) is 2. The molecule has 1 aromatic carbocycles. The van der Waals surface area contributed by atoms with Gasteiger partial charge < -0.3 is 10.5 Å². The van der Waals surface area contributed by atoms with E-state index in [1.165, 1.54) is 30.5 Å². The first-order valence-electron chi connectivity index (χ1n) is 8.71. The maximum absolute atomic E-state index is 12.2. The molecule has 3 rings (SSSR count). The second-order valence-corrected chi connectivity index (χ2v) is 7.01. The van der Waals surface area contributed by atoms with Gasteiger partial charge in [-0.05, 0) is 80.1 Å². The number of benzene rings is 1. The Morgan fingerprint density at radius 1 is 0.917 bits per heavy atom. The summed E-state index contributed by atoms with van der Waals surface area (Å²) < 4.78 is 40.5. The van der Waals surface area contributed by atoms with E-state index < -0.39 is 6.36 Å². The molecule has 24 heavy (non-hydrogen) atoms. The van der Waals surface area contributed by atoms with Crippen LogP contribution in [0.2, 0.25) is 0 Å². The van der Waals surface area contributed by atoms with Crippen molar-refractivity contribution in [2.24, 2.45) is 17.6 Å². The van der Waals surface area contributed by atoms with Crippen LogP contribution in [0.5, 0.6) is 5.75 Å². The van der Waals surface area contributed by atoms with Gasteiger partial charge in [-0.1, -0.05) is 18.2 Å². The molecular formula is C19H24F3NO. The zero-order chi connectivity index (χ0) is 17.2. The number of hydrogen-bond donors (Lipinski definition) is 1. The lowest BCUT2D eigenvalue weighted by atomic mass is 9.72. The number of alkyl halides is 3. The van der Waals surface area contributed by atoms with Crippen molar-refractivity contribution >= 4 is 5.57 Å². The molecule has 0 saturated heterocycles. The summed E-state index contributed by atoms with van der Waals surface area (Å²) in [7, 11) is 0. The number of halogens is 3. The zero-order valence-corrected chi connectivity index (χ0v) is 13.7. The summed E-state index contributed by atoms with van der Waals surface area (Å²) in [6.07, 6.45) is 5.59. The third-order valence-corrected chi connectivity index (χ3v) is 5.39. The normalized spacial score (nSPS) is 28.3. The molecule has 0 radical (unpaired) electrons. The Morgan fingerprint density at radius 2 is 1.58 bits per heavy atom. The first-order valence-corrected chi connectivity index (χ1v) is 8.71. The van der Waals surface area contributed by atoms with Crippen molar-refractivity contribution in [3.05, 3.63) is 35.9 Å². The molecule has 0 aliphatic heterocycles. The van der Waals surface area contributed by atoms with Gasteiger partial charge in [-0.25, -0.2) is 0 Å². The highest BCUT2D eigenvalue weighted by Gasteiger charge is 2.31. The van der Waals surface area contributed by atoms with Crippen molar-refractivity contribution in [2.45, 2.75) is 57.3 Å². The van der Waals surface area contributed by atoms with Crippen LogP contribution in [-0.2, 0) is 0 Å². The number of nitrogens with two attached hydrogens (primary N) is 1. The standard InChI is InChI=1S/C19H24F3NO/c20-19(21,22)24-18-11-7-16(8-12-18)14-3-1-13(2-4-14)15-5-9-17(23)10-6-15/h3,7-8,11-13,15,17H,1-2,4-6,9-10,23H2. The van der Waals surface area contributed by atoms with Gasteiger partial charge in [0.05, 0.1) is 0 Å². The van der Waals surface area contributed by atoms with E-state index in [4.69, 9.17) is 5.73 Å². The second kappa shape index (κ2) is 7.18. The molecule has 0 heterocycles. The minimum atomic E-state index is -4.64. The minimum absolute atomic E-state index is 0.168. The van der Waals surface area contributed by atoms with Gasteiger partial charge in [0.2, 0.25) is 0 Å². The van der Waals surface area contributed by atoms with Gasteiger partial charge in [0.1, 0.15) is 5.75 Å². The maximum Gasteiger partial charge on any atom is 0.573 e. The topological polar surface area (TPSA) is 35.2 Å². The highest BCUT2D eigenvalue weighted by Crippen LogP contribution is 2.39. The van der Waals surface area contributed by atoms with Crippen LogP contribution in [0.3, 0.4) is 0 Å². The molecule has 1 atom stereocenters. The molecule has 0 aromatic heterocycles. The third-order valence-electron chi connectivity index (χ3n) is 5.39. The quantitative estimate of drug-likeness (QED) is 0.812. The average molecular weight is 339 g/mol. The van der Waals surface area contributed by atoms with Crippen LogP contribution in [0.1, 0.15) is 50.5 Å². The van der Waals surface area contributed by atoms with Crippen LogP contribution in [0.15, 0.2) is 30.3 Å². The van der Waals surface area contributed by atoms with Crippen LogP contribution in [0.25, 0.3) is 5.57 Å². The first-order chi connectivity index (χ1) is 11.4. The van der Waals surface area contributed by atoms with Crippen LogP contribution in [0.4, 0.5) is 13.2 Å². The Morgan fingerprint density at radius 3 is 2.12 bits per heavy atom. The Labute approximate surface area is 140 Å². The van der Waals surface area contributed by atoms with E-state index in [-0.39, 0.29) is 5.75 Å². The van der Waals surface area contributed by atoms with Crippen molar-refractivity contribution < 1.29 is 17.9 Å². The van der Waals surface area contributed by atoms with Crippen molar-refractivity contribution in [3.63, 3.8) is 0 Å². The lowest BCUT2D eigenvalue weighted by molar-refractivity contribution is -0.274. The molecule has 1 aromatic rings. The largest absolute Gasteiger partial charge is 0.573 e. The van der Waals surface area contributed by atoms with Crippen LogP contribution in [0, 0.1) is 11.8 Å². The number of rotatable bonds is 3. The third kappa shape index (κ3) is 4.53. The molecule has 2 nitrogen and oxygen atoms in total. The summed E-state index contributed by atoms with van der Waals surface area (Å²) in [4.78, 5) is 0. The SMILES string of the molecule is NC1CCC(C2CC=C(c3ccc(OC(F)(F)F)cc3)CC2)CC1. The van der Waals surface area contributed by atoms with Gasteiger partial charge in [0, 0.05) is 6.04 Å². The van der Waals surface area contributed by atoms with E-state index in [2.05, 4.69) is 10.8 Å². The molecule has 5 heteroatoms. The molecule has 0 amide bonds. The fourth-order valence-electron chi connectivity index (χ4n) is 4.03. The number of ether oxygens (including phenoxy) is 1. The minimum Gasteiger partial charge on any atom is -0.406 e. The lowest BCUT2D eigenvalue weighted by Crippen LogP contribution is -2.30. The zero-order valence-electron chi connectivity index (χ0n) is 13.7. The molecule has 2 N–H and O–H groups in total. The van der Waals surface area contributed by atoms with Gasteiger partial charge >= 0.3 is 6.36 Å². The van der Waals surface area contributed by atoms with Crippen molar-refractivity contribution in [2.75, 3.05) is 0 Å². The summed E-state index contributed by atoms with van der Waals surface area (Å²) in [6, 6.07) is 6.59. The Hall–Kier alpha value is -1.49. The highest BCUT2D eigenvalue weighted by atomic mass is 19.4. The summed E-state index contributed by atoms with van der Waals surface area (Å²) >= 11 is 0.